The van der Waals surface area contributed by atoms with Crippen molar-refractivity contribution in [3.8, 4) is 0 Å². The highest BCUT2D eigenvalue weighted by atomic mass is 32.2. The Morgan fingerprint density at radius 2 is 2.16 bits per heavy atom. The third kappa shape index (κ3) is 3.37. The van der Waals surface area contributed by atoms with Crippen LogP contribution in [0.2, 0.25) is 0 Å². The van der Waals surface area contributed by atoms with E-state index < -0.39 is 15.8 Å². The normalized spacial score (nSPS) is 21.8. The predicted octanol–water partition coefficient (Wildman–Crippen LogP) is 0.956. The first-order chi connectivity index (χ1) is 8.87. The van der Waals surface area contributed by atoms with Gasteiger partial charge in [-0.2, -0.15) is 0 Å². The summed E-state index contributed by atoms with van der Waals surface area (Å²) in [6.45, 7) is 0. The molecule has 1 aliphatic heterocycles. The maximum atomic E-state index is 11.6. The Morgan fingerprint density at radius 1 is 1.42 bits per heavy atom. The van der Waals surface area contributed by atoms with Crippen molar-refractivity contribution in [1.29, 1.82) is 0 Å². The quantitative estimate of drug-likeness (QED) is 0.713. The Morgan fingerprint density at radius 3 is 2.79 bits per heavy atom. The summed E-state index contributed by atoms with van der Waals surface area (Å²) in [5, 5.41) is 12.1. The molecule has 0 amide bonds. The molecule has 19 heavy (non-hydrogen) atoms. The van der Waals surface area contributed by atoms with Crippen LogP contribution in [-0.4, -0.2) is 37.0 Å². The number of carboxylic acids is 1. The van der Waals surface area contributed by atoms with Gasteiger partial charge in [-0.25, -0.2) is 13.2 Å². The van der Waals surface area contributed by atoms with Crippen molar-refractivity contribution in [2.24, 2.45) is 0 Å². The second-order valence-corrected chi connectivity index (χ2v) is 6.94. The Kier molecular flexibility index (Phi) is 3.66. The monoisotopic (exact) mass is 284 g/mol. The molecule has 1 atom stereocenters. The van der Waals surface area contributed by atoms with Crippen LogP contribution in [0.1, 0.15) is 23.2 Å². The molecule has 2 rings (SSSR count). The number of benzene rings is 1. The molecular formula is C12H16N2O4S. The van der Waals surface area contributed by atoms with Gasteiger partial charge in [0, 0.05) is 11.7 Å². The van der Waals surface area contributed by atoms with E-state index in [1.54, 1.807) is 0 Å². The van der Waals surface area contributed by atoms with Crippen LogP contribution in [-0.2, 0) is 9.84 Å². The second kappa shape index (κ2) is 5.08. The average molecular weight is 284 g/mol. The smallest absolute Gasteiger partial charge is 0.337 e. The zero-order valence-electron chi connectivity index (χ0n) is 10.3. The van der Waals surface area contributed by atoms with Crippen molar-refractivity contribution >= 4 is 27.2 Å². The van der Waals surface area contributed by atoms with Crippen LogP contribution in [0, 0.1) is 0 Å². The van der Waals surface area contributed by atoms with Gasteiger partial charge in [-0.15, -0.1) is 0 Å². The highest BCUT2D eigenvalue weighted by Crippen LogP contribution is 2.23. The summed E-state index contributed by atoms with van der Waals surface area (Å²) in [5.41, 5.74) is 6.54. The van der Waals surface area contributed by atoms with Gasteiger partial charge < -0.3 is 16.2 Å². The molecule has 0 aliphatic carbocycles. The van der Waals surface area contributed by atoms with Crippen molar-refractivity contribution in [3.63, 3.8) is 0 Å². The first-order valence-electron chi connectivity index (χ1n) is 5.97. The van der Waals surface area contributed by atoms with Crippen LogP contribution in [0.3, 0.4) is 0 Å². The number of nitrogens with one attached hydrogen (secondary N) is 1. The molecule has 0 radical (unpaired) electrons. The number of rotatable bonds is 3. The van der Waals surface area contributed by atoms with Gasteiger partial charge in [-0.1, -0.05) is 0 Å². The Hall–Kier alpha value is -1.76. The lowest BCUT2D eigenvalue weighted by atomic mass is 10.1. The first-order valence-corrected chi connectivity index (χ1v) is 7.79. The summed E-state index contributed by atoms with van der Waals surface area (Å²) in [6, 6.07) is 4.17. The van der Waals surface area contributed by atoms with E-state index in [1.807, 2.05) is 0 Å². The number of aromatic carboxylic acids is 1. The fourth-order valence-electron chi connectivity index (χ4n) is 2.22. The molecule has 7 heteroatoms. The molecule has 1 aromatic rings. The largest absolute Gasteiger partial charge is 0.478 e. The van der Waals surface area contributed by atoms with Crippen molar-refractivity contribution in [3.05, 3.63) is 23.8 Å². The summed E-state index contributed by atoms with van der Waals surface area (Å²) in [6.07, 6.45) is 1.29. The van der Waals surface area contributed by atoms with Crippen LogP contribution in [0.25, 0.3) is 0 Å². The number of nitrogens with two attached hydrogens (primary N) is 1. The highest BCUT2D eigenvalue weighted by molar-refractivity contribution is 7.91. The van der Waals surface area contributed by atoms with Crippen molar-refractivity contribution in [2.45, 2.75) is 18.9 Å². The minimum absolute atomic E-state index is 0.0286. The van der Waals surface area contributed by atoms with Gasteiger partial charge in [0.25, 0.3) is 0 Å². The fraction of sp³-hybridized carbons (Fsp3) is 0.417. The minimum Gasteiger partial charge on any atom is -0.478 e. The van der Waals surface area contributed by atoms with Crippen LogP contribution in [0.4, 0.5) is 11.4 Å². The number of carbonyl (C=O) groups is 1. The number of hydrogen-bond donors (Lipinski definition) is 3. The molecule has 0 aromatic heterocycles. The van der Waals surface area contributed by atoms with Gasteiger partial charge in [0.2, 0.25) is 0 Å². The number of hydrogen-bond acceptors (Lipinski definition) is 5. The molecular weight excluding hydrogens is 268 g/mol. The zero-order valence-corrected chi connectivity index (χ0v) is 11.1. The van der Waals surface area contributed by atoms with Crippen LogP contribution in [0.15, 0.2) is 18.2 Å². The molecule has 1 fully saturated rings. The molecule has 0 bridgehead atoms. The summed E-state index contributed by atoms with van der Waals surface area (Å²) in [7, 11) is -3.04. The van der Waals surface area contributed by atoms with Crippen LogP contribution >= 0.6 is 0 Å². The SMILES string of the molecule is Nc1ccc(C(=O)O)c(NC2CCCS(=O)(=O)C2)c1. The number of sulfone groups is 1. The topological polar surface area (TPSA) is 109 Å². The maximum Gasteiger partial charge on any atom is 0.337 e. The van der Waals surface area contributed by atoms with Crippen molar-refractivity contribution in [1.82, 2.24) is 0 Å². The van der Waals surface area contributed by atoms with Gasteiger partial charge >= 0.3 is 5.97 Å². The molecule has 4 N–H and O–H groups in total. The molecule has 1 heterocycles. The Bertz CT molecular complexity index is 598. The molecule has 1 aliphatic rings. The fourth-order valence-corrected chi connectivity index (χ4v) is 3.86. The van der Waals surface area contributed by atoms with E-state index in [9.17, 15) is 13.2 Å². The predicted molar refractivity (Wildman–Crippen MR) is 73.1 cm³/mol. The number of carboxylic acid groups (broad SMARTS) is 1. The number of anilines is 2. The lowest BCUT2D eigenvalue weighted by Crippen LogP contribution is -2.35. The van der Waals surface area contributed by atoms with E-state index in [-0.39, 0.29) is 23.1 Å². The van der Waals surface area contributed by atoms with Crippen LogP contribution < -0.4 is 11.1 Å². The van der Waals surface area contributed by atoms with Gasteiger partial charge in [0.05, 0.1) is 22.8 Å². The molecule has 1 unspecified atom stereocenters. The van der Waals surface area contributed by atoms with E-state index in [4.69, 9.17) is 10.8 Å². The summed E-state index contributed by atoms with van der Waals surface area (Å²) in [4.78, 5) is 11.1. The molecule has 1 saturated heterocycles. The van der Waals surface area contributed by atoms with Gasteiger partial charge in [-0.3, -0.25) is 0 Å². The van der Waals surface area contributed by atoms with E-state index >= 15 is 0 Å². The summed E-state index contributed by atoms with van der Waals surface area (Å²) >= 11 is 0. The van der Waals surface area contributed by atoms with Gasteiger partial charge in [-0.05, 0) is 31.0 Å². The molecule has 6 nitrogen and oxygen atoms in total. The minimum atomic E-state index is -3.04. The van der Waals surface area contributed by atoms with Gasteiger partial charge in [0.1, 0.15) is 0 Å². The molecule has 1 aromatic carbocycles. The molecule has 0 spiro atoms. The molecule has 104 valence electrons. The maximum absolute atomic E-state index is 11.6. The third-order valence-corrected chi connectivity index (χ3v) is 4.92. The average Bonchev–Trinajstić information content (AvgIpc) is 2.27. The number of nitrogen functional groups attached to an aromatic ring is 1. The zero-order chi connectivity index (χ0) is 14.0. The lowest BCUT2D eigenvalue weighted by Gasteiger charge is -2.24. The summed E-state index contributed by atoms with van der Waals surface area (Å²) < 4.78 is 23.1. The van der Waals surface area contributed by atoms with E-state index in [0.717, 1.165) is 0 Å². The van der Waals surface area contributed by atoms with E-state index in [0.29, 0.717) is 24.2 Å². The van der Waals surface area contributed by atoms with Gasteiger partial charge in [0.15, 0.2) is 9.84 Å². The third-order valence-electron chi connectivity index (χ3n) is 3.10. The second-order valence-electron chi connectivity index (χ2n) is 4.71. The lowest BCUT2D eigenvalue weighted by molar-refractivity contribution is 0.0698. The standard InChI is InChI=1S/C12H16N2O4S/c13-8-3-4-10(12(15)16)11(6-8)14-9-2-1-5-19(17,18)7-9/h3-4,6,9,14H,1-2,5,7,13H2,(H,15,16). The Balaban J connectivity index is 2.23. The van der Waals surface area contributed by atoms with E-state index in [2.05, 4.69) is 5.32 Å². The highest BCUT2D eigenvalue weighted by Gasteiger charge is 2.25. The van der Waals surface area contributed by atoms with Crippen molar-refractivity contribution in [2.75, 3.05) is 22.6 Å². The van der Waals surface area contributed by atoms with E-state index in [1.165, 1.54) is 18.2 Å². The van der Waals surface area contributed by atoms with Crippen molar-refractivity contribution < 1.29 is 18.3 Å². The Labute approximate surface area is 111 Å². The van der Waals surface area contributed by atoms with Crippen LogP contribution in [0.5, 0.6) is 0 Å². The molecule has 0 saturated carbocycles. The summed E-state index contributed by atoms with van der Waals surface area (Å²) in [5.74, 6) is -0.837. The first kappa shape index (κ1) is 13.7.